The van der Waals surface area contributed by atoms with Crippen LogP contribution in [-0.4, -0.2) is 41.5 Å². The van der Waals surface area contributed by atoms with Crippen molar-refractivity contribution in [2.45, 2.75) is 19.9 Å². The van der Waals surface area contributed by atoms with E-state index in [1.165, 1.54) is 0 Å². The van der Waals surface area contributed by atoms with Crippen molar-refractivity contribution in [1.29, 1.82) is 0 Å². The molecule has 4 heteroatoms. The van der Waals surface area contributed by atoms with Gasteiger partial charge in [0.25, 0.3) is 5.91 Å². The molecule has 1 amide bonds. The Kier molecular flexibility index (Phi) is 3.19. The van der Waals surface area contributed by atoms with Crippen LogP contribution in [0.3, 0.4) is 0 Å². The maximum atomic E-state index is 12.1. The van der Waals surface area contributed by atoms with Crippen LogP contribution in [-0.2, 0) is 0 Å². The number of carbonyl (C=O) groups is 1. The second kappa shape index (κ2) is 4.61. The molecule has 1 saturated heterocycles. The third-order valence-electron chi connectivity index (χ3n) is 2.76. The number of piperazine rings is 1. The number of hydrogen-bond acceptors (Lipinski definition) is 3. The molecule has 2 rings (SSSR count). The van der Waals surface area contributed by atoms with Crippen LogP contribution in [0.15, 0.2) is 18.2 Å². The highest BCUT2D eigenvalue weighted by atomic mass is 16.2. The lowest BCUT2D eigenvalue weighted by Gasteiger charge is -2.31. The van der Waals surface area contributed by atoms with Crippen LogP contribution in [0.1, 0.15) is 23.1 Å². The predicted octanol–water partition coefficient (Wildman–Crippen LogP) is 0.824. The molecule has 0 spiro atoms. The topological polar surface area (TPSA) is 45.2 Å². The molecule has 0 aliphatic carbocycles. The Hall–Kier alpha value is -1.42. The molecule has 4 nitrogen and oxygen atoms in total. The van der Waals surface area contributed by atoms with E-state index in [-0.39, 0.29) is 5.91 Å². The Balaban J connectivity index is 2.12. The SMILES string of the molecule is Cc1cccc(C(=O)N2CCN[C@@H](C)C2)n1. The molecule has 0 aromatic carbocycles. The molecule has 0 bridgehead atoms. The Morgan fingerprint density at radius 3 is 3.06 bits per heavy atom. The van der Waals surface area contributed by atoms with Gasteiger partial charge in [-0.3, -0.25) is 4.79 Å². The molecule has 0 radical (unpaired) electrons. The van der Waals surface area contributed by atoms with Gasteiger partial charge in [0.1, 0.15) is 5.69 Å². The standard InChI is InChI=1S/C12H17N3O/c1-9-4-3-5-11(14-9)12(16)15-7-6-13-10(2)8-15/h3-5,10,13H,6-8H2,1-2H3/t10-/m0/s1. The average molecular weight is 219 g/mol. The van der Waals surface area contributed by atoms with E-state index < -0.39 is 0 Å². The number of aryl methyl sites for hydroxylation is 1. The van der Waals surface area contributed by atoms with E-state index in [4.69, 9.17) is 0 Å². The number of amides is 1. The van der Waals surface area contributed by atoms with Crippen LogP contribution in [0, 0.1) is 6.92 Å². The fraction of sp³-hybridized carbons (Fsp3) is 0.500. The van der Waals surface area contributed by atoms with Crippen molar-refractivity contribution >= 4 is 5.91 Å². The summed E-state index contributed by atoms with van der Waals surface area (Å²) in [4.78, 5) is 18.3. The first-order valence-corrected chi connectivity index (χ1v) is 5.63. The van der Waals surface area contributed by atoms with Crippen molar-refractivity contribution in [3.05, 3.63) is 29.6 Å². The zero-order chi connectivity index (χ0) is 11.5. The zero-order valence-electron chi connectivity index (χ0n) is 9.73. The van der Waals surface area contributed by atoms with Gasteiger partial charge in [-0.15, -0.1) is 0 Å². The molecule has 16 heavy (non-hydrogen) atoms. The van der Waals surface area contributed by atoms with E-state index >= 15 is 0 Å². The van der Waals surface area contributed by atoms with Crippen molar-refractivity contribution < 1.29 is 4.79 Å². The monoisotopic (exact) mass is 219 g/mol. The summed E-state index contributed by atoms with van der Waals surface area (Å²) in [7, 11) is 0. The first kappa shape index (κ1) is 11.1. The van der Waals surface area contributed by atoms with Crippen molar-refractivity contribution in [2.75, 3.05) is 19.6 Å². The van der Waals surface area contributed by atoms with Crippen LogP contribution in [0.5, 0.6) is 0 Å². The maximum Gasteiger partial charge on any atom is 0.272 e. The number of aromatic nitrogens is 1. The van der Waals surface area contributed by atoms with Crippen molar-refractivity contribution in [1.82, 2.24) is 15.2 Å². The van der Waals surface area contributed by atoms with E-state index in [2.05, 4.69) is 17.2 Å². The number of pyridine rings is 1. The van der Waals surface area contributed by atoms with Gasteiger partial charge < -0.3 is 10.2 Å². The fourth-order valence-corrected chi connectivity index (χ4v) is 1.94. The van der Waals surface area contributed by atoms with Gasteiger partial charge in [-0.1, -0.05) is 6.07 Å². The molecular weight excluding hydrogens is 202 g/mol. The summed E-state index contributed by atoms with van der Waals surface area (Å²) in [5.41, 5.74) is 1.43. The summed E-state index contributed by atoms with van der Waals surface area (Å²) in [5.74, 6) is 0.0389. The minimum atomic E-state index is 0.0389. The van der Waals surface area contributed by atoms with Crippen LogP contribution in [0.4, 0.5) is 0 Å². The fourth-order valence-electron chi connectivity index (χ4n) is 1.94. The Morgan fingerprint density at radius 2 is 2.38 bits per heavy atom. The van der Waals surface area contributed by atoms with Crippen LogP contribution >= 0.6 is 0 Å². The van der Waals surface area contributed by atoms with Gasteiger partial charge in [0.05, 0.1) is 0 Å². The Morgan fingerprint density at radius 1 is 1.56 bits per heavy atom. The minimum absolute atomic E-state index is 0.0389. The van der Waals surface area contributed by atoms with Gasteiger partial charge in [0, 0.05) is 31.4 Å². The predicted molar refractivity (Wildman–Crippen MR) is 62.3 cm³/mol. The smallest absolute Gasteiger partial charge is 0.272 e. The Bertz CT molecular complexity index is 392. The second-order valence-corrected chi connectivity index (χ2v) is 4.27. The summed E-state index contributed by atoms with van der Waals surface area (Å²) in [5, 5.41) is 3.32. The number of hydrogen-bond donors (Lipinski definition) is 1. The number of nitrogens with zero attached hydrogens (tertiary/aromatic N) is 2. The first-order chi connectivity index (χ1) is 7.66. The summed E-state index contributed by atoms with van der Waals surface area (Å²) in [6, 6.07) is 5.92. The molecule has 2 heterocycles. The van der Waals surface area contributed by atoms with Crippen LogP contribution < -0.4 is 5.32 Å². The summed E-state index contributed by atoms with van der Waals surface area (Å²) in [6.45, 7) is 6.37. The van der Waals surface area contributed by atoms with Gasteiger partial charge in [0.2, 0.25) is 0 Å². The van der Waals surface area contributed by atoms with Crippen LogP contribution in [0.2, 0.25) is 0 Å². The van der Waals surface area contributed by atoms with Gasteiger partial charge >= 0.3 is 0 Å². The number of nitrogens with one attached hydrogen (secondary N) is 1. The van der Waals surface area contributed by atoms with Crippen molar-refractivity contribution in [2.24, 2.45) is 0 Å². The third kappa shape index (κ3) is 2.39. The van der Waals surface area contributed by atoms with E-state index in [1.807, 2.05) is 24.0 Å². The van der Waals surface area contributed by atoms with Gasteiger partial charge in [-0.25, -0.2) is 4.98 Å². The molecule has 1 aliphatic heterocycles. The lowest BCUT2D eigenvalue weighted by Crippen LogP contribution is -2.51. The second-order valence-electron chi connectivity index (χ2n) is 4.27. The normalized spacial score (nSPS) is 20.9. The summed E-state index contributed by atoms with van der Waals surface area (Å²) in [6.07, 6.45) is 0. The first-order valence-electron chi connectivity index (χ1n) is 5.63. The lowest BCUT2D eigenvalue weighted by molar-refractivity contribution is 0.0703. The zero-order valence-corrected chi connectivity index (χ0v) is 9.73. The minimum Gasteiger partial charge on any atom is -0.334 e. The van der Waals surface area contributed by atoms with Gasteiger partial charge in [-0.05, 0) is 26.0 Å². The molecule has 1 fully saturated rings. The lowest BCUT2D eigenvalue weighted by atomic mass is 10.2. The number of carbonyl (C=O) groups excluding carboxylic acids is 1. The molecular formula is C12H17N3O. The third-order valence-corrected chi connectivity index (χ3v) is 2.76. The van der Waals surface area contributed by atoms with E-state index in [9.17, 15) is 4.79 Å². The van der Waals surface area contributed by atoms with E-state index in [0.717, 1.165) is 25.3 Å². The quantitative estimate of drug-likeness (QED) is 0.760. The molecule has 0 saturated carbocycles. The highest BCUT2D eigenvalue weighted by molar-refractivity contribution is 5.92. The Labute approximate surface area is 95.7 Å². The molecule has 1 N–H and O–H groups in total. The molecule has 0 unspecified atom stereocenters. The largest absolute Gasteiger partial charge is 0.334 e. The van der Waals surface area contributed by atoms with Crippen molar-refractivity contribution in [3.63, 3.8) is 0 Å². The van der Waals surface area contributed by atoms with Gasteiger partial charge in [0.15, 0.2) is 0 Å². The molecule has 1 aromatic rings. The summed E-state index contributed by atoms with van der Waals surface area (Å²) >= 11 is 0. The van der Waals surface area contributed by atoms with Gasteiger partial charge in [-0.2, -0.15) is 0 Å². The average Bonchev–Trinajstić information content (AvgIpc) is 2.28. The van der Waals surface area contributed by atoms with E-state index in [0.29, 0.717) is 11.7 Å². The molecule has 86 valence electrons. The number of rotatable bonds is 1. The summed E-state index contributed by atoms with van der Waals surface area (Å²) < 4.78 is 0. The molecule has 1 aliphatic rings. The van der Waals surface area contributed by atoms with Crippen LogP contribution in [0.25, 0.3) is 0 Å². The van der Waals surface area contributed by atoms with E-state index in [1.54, 1.807) is 6.07 Å². The maximum absolute atomic E-state index is 12.1. The molecule has 1 atom stereocenters. The highest BCUT2D eigenvalue weighted by Gasteiger charge is 2.22. The van der Waals surface area contributed by atoms with Crippen molar-refractivity contribution in [3.8, 4) is 0 Å². The molecule has 1 aromatic heterocycles. The highest BCUT2D eigenvalue weighted by Crippen LogP contribution is 2.06.